The molecule has 2 heterocycles. The standard InChI is InChI=1S/C13H15ClN2O2/c1-3-8(4-2)10-11(13(17)18)16-7-5-6-9(14)12(16)15-10/h5-8H,3-4H2,1-2H3,(H,17,18). The lowest BCUT2D eigenvalue weighted by Crippen LogP contribution is -2.08. The van der Waals surface area contributed by atoms with Crippen LogP contribution in [0.4, 0.5) is 0 Å². The van der Waals surface area contributed by atoms with Crippen molar-refractivity contribution in [2.75, 3.05) is 0 Å². The van der Waals surface area contributed by atoms with Crippen LogP contribution in [0.1, 0.15) is 48.8 Å². The molecule has 0 aliphatic carbocycles. The van der Waals surface area contributed by atoms with Crippen molar-refractivity contribution in [1.29, 1.82) is 0 Å². The van der Waals surface area contributed by atoms with Crippen molar-refractivity contribution in [2.45, 2.75) is 32.6 Å². The van der Waals surface area contributed by atoms with Gasteiger partial charge in [0.15, 0.2) is 11.3 Å². The van der Waals surface area contributed by atoms with Gasteiger partial charge in [-0.05, 0) is 25.0 Å². The highest BCUT2D eigenvalue weighted by Gasteiger charge is 2.24. The highest BCUT2D eigenvalue weighted by Crippen LogP contribution is 2.28. The fourth-order valence-electron chi connectivity index (χ4n) is 2.22. The van der Waals surface area contributed by atoms with E-state index < -0.39 is 5.97 Å². The lowest BCUT2D eigenvalue weighted by molar-refractivity contribution is 0.0687. The van der Waals surface area contributed by atoms with Gasteiger partial charge in [0.05, 0.1) is 10.7 Å². The van der Waals surface area contributed by atoms with Gasteiger partial charge < -0.3 is 5.11 Å². The van der Waals surface area contributed by atoms with E-state index in [2.05, 4.69) is 4.98 Å². The number of carboxylic acid groups (broad SMARTS) is 1. The Morgan fingerprint density at radius 3 is 2.72 bits per heavy atom. The Hall–Kier alpha value is -1.55. The number of hydrogen-bond donors (Lipinski definition) is 1. The molecule has 0 fully saturated rings. The maximum absolute atomic E-state index is 11.4. The van der Waals surface area contributed by atoms with Gasteiger partial charge in [-0.1, -0.05) is 25.4 Å². The van der Waals surface area contributed by atoms with Crippen molar-refractivity contribution in [1.82, 2.24) is 9.38 Å². The normalized spacial score (nSPS) is 11.3. The second-order valence-corrected chi connectivity index (χ2v) is 4.62. The van der Waals surface area contributed by atoms with E-state index in [0.717, 1.165) is 12.8 Å². The highest BCUT2D eigenvalue weighted by atomic mass is 35.5. The predicted octanol–water partition coefficient (Wildman–Crippen LogP) is 3.59. The third-order valence-electron chi connectivity index (χ3n) is 3.20. The quantitative estimate of drug-likeness (QED) is 0.920. The van der Waals surface area contributed by atoms with E-state index in [1.807, 2.05) is 13.8 Å². The molecule has 0 aromatic carbocycles. The lowest BCUT2D eigenvalue weighted by Gasteiger charge is -2.09. The number of fused-ring (bicyclic) bond motifs is 1. The van der Waals surface area contributed by atoms with E-state index in [0.29, 0.717) is 16.4 Å². The van der Waals surface area contributed by atoms with Gasteiger partial charge in [0, 0.05) is 12.1 Å². The molecule has 2 aromatic heterocycles. The summed E-state index contributed by atoms with van der Waals surface area (Å²) in [5.41, 5.74) is 1.36. The summed E-state index contributed by atoms with van der Waals surface area (Å²) in [6.45, 7) is 4.07. The monoisotopic (exact) mass is 266 g/mol. The van der Waals surface area contributed by atoms with Crippen LogP contribution in [0.3, 0.4) is 0 Å². The summed E-state index contributed by atoms with van der Waals surface area (Å²) in [6.07, 6.45) is 3.40. The van der Waals surface area contributed by atoms with Crippen LogP contribution < -0.4 is 0 Å². The molecule has 96 valence electrons. The summed E-state index contributed by atoms with van der Waals surface area (Å²) in [7, 11) is 0. The molecule has 0 unspecified atom stereocenters. The van der Waals surface area contributed by atoms with Gasteiger partial charge in [0.2, 0.25) is 0 Å². The molecule has 0 radical (unpaired) electrons. The Morgan fingerprint density at radius 1 is 1.50 bits per heavy atom. The minimum atomic E-state index is -0.966. The number of rotatable bonds is 4. The minimum Gasteiger partial charge on any atom is -0.477 e. The van der Waals surface area contributed by atoms with Crippen LogP contribution in [0.15, 0.2) is 18.3 Å². The van der Waals surface area contributed by atoms with Crippen molar-refractivity contribution >= 4 is 23.2 Å². The molecule has 2 aromatic rings. The number of imidazole rings is 1. The molecular formula is C13H15ClN2O2. The van der Waals surface area contributed by atoms with Crippen LogP contribution in [0.5, 0.6) is 0 Å². The van der Waals surface area contributed by atoms with Crippen LogP contribution in [0, 0.1) is 0 Å². The number of carbonyl (C=O) groups is 1. The summed E-state index contributed by atoms with van der Waals surface area (Å²) >= 11 is 6.06. The Kier molecular flexibility index (Phi) is 3.57. The molecule has 0 amide bonds. The lowest BCUT2D eigenvalue weighted by atomic mass is 9.98. The Balaban J connectivity index is 2.76. The van der Waals surface area contributed by atoms with E-state index in [-0.39, 0.29) is 11.6 Å². The van der Waals surface area contributed by atoms with Crippen molar-refractivity contribution in [3.63, 3.8) is 0 Å². The number of nitrogens with zero attached hydrogens (tertiary/aromatic N) is 2. The minimum absolute atomic E-state index is 0.145. The molecule has 0 aliphatic rings. The molecule has 1 N–H and O–H groups in total. The molecule has 2 rings (SSSR count). The molecule has 5 heteroatoms. The van der Waals surface area contributed by atoms with Crippen LogP contribution >= 0.6 is 11.6 Å². The third kappa shape index (κ3) is 1.97. The number of carboxylic acids is 1. The average Bonchev–Trinajstić information content (AvgIpc) is 2.71. The zero-order chi connectivity index (χ0) is 13.3. The fraction of sp³-hybridized carbons (Fsp3) is 0.385. The van der Waals surface area contributed by atoms with Gasteiger partial charge in [0.25, 0.3) is 0 Å². The number of hydrogen-bond acceptors (Lipinski definition) is 2. The predicted molar refractivity (Wildman–Crippen MR) is 70.5 cm³/mol. The highest BCUT2D eigenvalue weighted by molar-refractivity contribution is 6.33. The molecular weight excluding hydrogens is 252 g/mol. The SMILES string of the molecule is CCC(CC)c1nc2c(Cl)cccn2c1C(=O)O. The number of pyridine rings is 1. The molecule has 0 atom stereocenters. The van der Waals surface area contributed by atoms with Crippen molar-refractivity contribution in [3.8, 4) is 0 Å². The maximum Gasteiger partial charge on any atom is 0.354 e. The first kappa shape index (κ1) is 12.9. The molecule has 0 saturated heterocycles. The van der Waals surface area contributed by atoms with Crippen LogP contribution in [0.2, 0.25) is 5.02 Å². The van der Waals surface area contributed by atoms with Gasteiger partial charge >= 0.3 is 5.97 Å². The molecule has 18 heavy (non-hydrogen) atoms. The van der Waals surface area contributed by atoms with Crippen molar-refractivity contribution < 1.29 is 9.90 Å². The maximum atomic E-state index is 11.4. The van der Waals surface area contributed by atoms with Crippen LogP contribution in [-0.4, -0.2) is 20.5 Å². The molecule has 0 spiro atoms. The Morgan fingerprint density at radius 2 is 2.17 bits per heavy atom. The van der Waals surface area contributed by atoms with Gasteiger partial charge in [-0.25, -0.2) is 9.78 Å². The van der Waals surface area contributed by atoms with E-state index in [1.54, 1.807) is 22.7 Å². The average molecular weight is 267 g/mol. The van der Waals surface area contributed by atoms with E-state index in [4.69, 9.17) is 11.6 Å². The zero-order valence-corrected chi connectivity index (χ0v) is 11.1. The largest absolute Gasteiger partial charge is 0.477 e. The number of halogens is 1. The van der Waals surface area contributed by atoms with Gasteiger partial charge in [0.1, 0.15) is 0 Å². The smallest absolute Gasteiger partial charge is 0.354 e. The molecule has 4 nitrogen and oxygen atoms in total. The summed E-state index contributed by atoms with van der Waals surface area (Å²) in [6, 6.07) is 3.44. The number of aromatic carboxylic acids is 1. The van der Waals surface area contributed by atoms with Crippen molar-refractivity contribution in [2.24, 2.45) is 0 Å². The summed E-state index contributed by atoms with van der Waals surface area (Å²) < 4.78 is 1.55. The number of aromatic nitrogens is 2. The van der Waals surface area contributed by atoms with E-state index >= 15 is 0 Å². The van der Waals surface area contributed by atoms with Gasteiger partial charge in [-0.15, -0.1) is 0 Å². The zero-order valence-electron chi connectivity index (χ0n) is 10.4. The summed E-state index contributed by atoms with van der Waals surface area (Å²) in [5.74, 6) is -0.821. The Labute approximate surface area is 110 Å². The van der Waals surface area contributed by atoms with Crippen LogP contribution in [0.25, 0.3) is 5.65 Å². The van der Waals surface area contributed by atoms with Crippen LogP contribution in [-0.2, 0) is 0 Å². The molecule has 0 aliphatic heterocycles. The first-order valence-electron chi connectivity index (χ1n) is 5.99. The second-order valence-electron chi connectivity index (χ2n) is 4.21. The van der Waals surface area contributed by atoms with E-state index in [9.17, 15) is 9.90 Å². The van der Waals surface area contributed by atoms with Crippen molar-refractivity contribution in [3.05, 3.63) is 34.7 Å². The molecule has 0 saturated carbocycles. The van der Waals surface area contributed by atoms with Gasteiger partial charge in [-0.2, -0.15) is 0 Å². The fourth-order valence-corrected chi connectivity index (χ4v) is 2.43. The Bertz CT molecular complexity index is 588. The third-order valence-corrected chi connectivity index (χ3v) is 3.50. The summed E-state index contributed by atoms with van der Waals surface area (Å²) in [5, 5.41) is 9.85. The van der Waals surface area contributed by atoms with E-state index in [1.165, 1.54) is 0 Å². The first-order chi connectivity index (χ1) is 8.60. The second kappa shape index (κ2) is 4.98. The first-order valence-corrected chi connectivity index (χ1v) is 6.37. The summed E-state index contributed by atoms with van der Waals surface area (Å²) in [4.78, 5) is 15.9. The molecule has 0 bridgehead atoms. The van der Waals surface area contributed by atoms with Gasteiger partial charge in [-0.3, -0.25) is 4.40 Å². The topological polar surface area (TPSA) is 54.6 Å².